The smallest absolute Gasteiger partial charge is 0.339 e. The molecule has 2 rings (SSSR count). The summed E-state index contributed by atoms with van der Waals surface area (Å²) in [7, 11) is 0. The number of furan rings is 2. The van der Waals surface area contributed by atoms with Crippen LogP contribution < -0.4 is 5.32 Å². The van der Waals surface area contributed by atoms with Gasteiger partial charge in [0.2, 0.25) is 0 Å². The van der Waals surface area contributed by atoms with E-state index in [9.17, 15) is 9.59 Å². The van der Waals surface area contributed by atoms with Crippen molar-refractivity contribution in [1.82, 2.24) is 5.32 Å². The van der Waals surface area contributed by atoms with Crippen LogP contribution in [0.1, 0.15) is 44.9 Å². The van der Waals surface area contributed by atoms with Gasteiger partial charge in [0.25, 0.3) is 5.91 Å². The molecular formula is C14H15NO5. The summed E-state index contributed by atoms with van der Waals surface area (Å²) in [6.07, 6.45) is 2.09. The minimum Gasteiger partial charge on any atom is -0.478 e. The molecule has 0 radical (unpaired) electrons. The Bertz CT molecular complexity index is 638. The van der Waals surface area contributed by atoms with E-state index in [2.05, 4.69) is 5.32 Å². The van der Waals surface area contributed by atoms with E-state index in [1.807, 2.05) is 6.92 Å². The molecule has 106 valence electrons. The van der Waals surface area contributed by atoms with Gasteiger partial charge in [-0.3, -0.25) is 4.79 Å². The molecule has 6 heteroatoms. The molecule has 2 aromatic heterocycles. The quantitative estimate of drug-likeness (QED) is 0.875. The number of aromatic carboxylic acids is 1. The van der Waals surface area contributed by atoms with Crippen molar-refractivity contribution in [3.05, 3.63) is 46.8 Å². The lowest BCUT2D eigenvalue weighted by atomic mass is 10.2. The van der Waals surface area contributed by atoms with E-state index in [-0.39, 0.29) is 18.0 Å². The number of nitrogens with one attached hydrogen (secondary N) is 1. The highest BCUT2D eigenvalue weighted by atomic mass is 16.4. The highest BCUT2D eigenvalue weighted by molar-refractivity contribution is 5.95. The van der Waals surface area contributed by atoms with E-state index in [4.69, 9.17) is 13.9 Å². The summed E-state index contributed by atoms with van der Waals surface area (Å²) in [6, 6.07) is 3.01. The van der Waals surface area contributed by atoms with Crippen LogP contribution >= 0.6 is 0 Å². The number of carbonyl (C=O) groups is 2. The Morgan fingerprint density at radius 2 is 2.10 bits per heavy atom. The number of carboxylic acid groups (broad SMARTS) is 1. The first-order valence-electron chi connectivity index (χ1n) is 6.20. The van der Waals surface area contributed by atoms with Crippen LogP contribution in [-0.4, -0.2) is 17.0 Å². The first-order valence-corrected chi connectivity index (χ1v) is 6.20. The van der Waals surface area contributed by atoms with Crippen molar-refractivity contribution >= 4 is 11.9 Å². The van der Waals surface area contributed by atoms with Gasteiger partial charge in [0.15, 0.2) is 0 Å². The third-order valence-electron chi connectivity index (χ3n) is 2.93. The van der Waals surface area contributed by atoms with Crippen molar-refractivity contribution in [3.63, 3.8) is 0 Å². The second-order valence-corrected chi connectivity index (χ2v) is 4.28. The Hall–Kier alpha value is -2.50. The molecule has 0 spiro atoms. The first kappa shape index (κ1) is 13.9. The summed E-state index contributed by atoms with van der Waals surface area (Å²) in [5, 5.41) is 11.6. The zero-order valence-corrected chi connectivity index (χ0v) is 11.2. The molecule has 2 heterocycles. The number of amides is 1. The lowest BCUT2D eigenvalue weighted by Crippen LogP contribution is -2.23. The Labute approximate surface area is 115 Å². The predicted octanol–water partition coefficient (Wildman–Crippen LogP) is 2.37. The molecule has 0 aliphatic carbocycles. The molecule has 6 nitrogen and oxygen atoms in total. The van der Waals surface area contributed by atoms with Crippen LogP contribution in [0.25, 0.3) is 0 Å². The van der Waals surface area contributed by atoms with E-state index in [0.717, 1.165) is 0 Å². The van der Waals surface area contributed by atoms with Gasteiger partial charge >= 0.3 is 5.97 Å². The van der Waals surface area contributed by atoms with Gasteiger partial charge in [0, 0.05) is 6.42 Å². The fourth-order valence-corrected chi connectivity index (χ4v) is 1.92. The maximum atomic E-state index is 12.0. The van der Waals surface area contributed by atoms with Gasteiger partial charge in [0.05, 0.1) is 18.4 Å². The summed E-state index contributed by atoms with van der Waals surface area (Å²) in [5.74, 6) is 0.00640. The van der Waals surface area contributed by atoms with Gasteiger partial charge < -0.3 is 19.3 Å². The Morgan fingerprint density at radius 1 is 1.35 bits per heavy atom. The molecule has 0 aliphatic heterocycles. The van der Waals surface area contributed by atoms with Crippen molar-refractivity contribution in [2.45, 2.75) is 26.8 Å². The summed E-state index contributed by atoms with van der Waals surface area (Å²) in [5.41, 5.74) is 0.584. The molecule has 0 unspecified atom stereocenters. The van der Waals surface area contributed by atoms with Crippen LogP contribution in [0.3, 0.4) is 0 Å². The second kappa shape index (κ2) is 5.64. The molecule has 0 atom stereocenters. The topological polar surface area (TPSA) is 92.7 Å². The van der Waals surface area contributed by atoms with Crippen LogP contribution in [0.4, 0.5) is 0 Å². The van der Waals surface area contributed by atoms with Crippen LogP contribution in [0, 0.1) is 6.92 Å². The van der Waals surface area contributed by atoms with Crippen LogP contribution in [0.15, 0.2) is 27.2 Å². The van der Waals surface area contributed by atoms with E-state index in [1.165, 1.54) is 12.3 Å². The SMILES string of the molecule is CCc1occc1C(=O)NCc1cc(C(=O)O)c(C)o1. The average molecular weight is 277 g/mol. The summed E-state index contributed by atoms with van der Waals surface area (Å²) in [6.45, 7) is 3.59. The largest absolute Gasteiger partial charge is 0.478 e. The molecule has 0 fully saturated rings. The standard InChI is InChI=1S/C14H15NO5/c1-3-12-10(4-5-19-12)13(16)15-7-9-6-11(14(17)18)8(2)20-9/h4-6H,3,7H2,1-2H3,(H,15,16)(H,17,18). The molecule has 0 saturated heterocycles. The van der Waals surface area contributed by atoms with Gasteiger partial charge in [0.1, 0.15) is 22.8 Å². The second-order valence-electron chi connectivity index (χ2n) is 4.28. The maximum Gasteiger partial charge on any atom is 0.339 e. The number of rotatable bonds is 5. The van der Waals surface area contributed by atoms with E-state index in [1.54, 1.807) is 13.0 Å². The summed E-state index contributed by atoms with van der Waals surface area (Å²) >= 11 is 0. The normalized spacial score (nSPS) is 10.5. The molecule has 0 bridgehead atoms. The van der Waals surface area contributed by atoms with Crippen LogP contribution in [0.2, 0.25) is 0 Å². The molecule has 0 aliphatic rings. The summed E-state index contributed by atoms with van der Waals surface area (Å²) in [4.78, 5) is 22.8. The lowest BCUT2D eigenvalue weighted by Gasteiger charge is -2.02. The Balaban J connectivity index is 2.04. The van der Waals surface area contributed by atoms with Crippen molar-refractivity contribution in [1.29, 1.82) is 0 Å². The van der Waals surface area contributed by atoms with Gasteiger partial charge in [-0.25, -0.2) is 4.79 Å². The fourth-order valence-electron chi connectivity index (χ4n) is 1.92. The van der Waals surface area contributed by atoms with Gasteiger partial charge in [-0.15, -0.1) is 0 Å². The minimum atomic E-state index is -1.05. The zero-order chi connectivity index (χ0) is 14.7. The Kier molecular flexibility index (Phi) is 3.93. The molecule has 2 N–H and O–H groups in total. The summed E-state index contributed by atoms with van der Waals surface area (Å²) < 4.78 is 10.5. The average Bonchev–Trinajstić information content (AvgIpc) is 3.01. The third kappa shape index (κ3) is 2.74. The van der Waals surface area contributed by atoms with Gasteiger partial charge in [-0.2, -0.15) is 0 Å². The predicted molar refractivity (Wildman–Crippen MR) is 69.7 cm³/mol. The van der Waals surface area contributed by atoms with E-state index >= 15 is 0 Å². The highest BCUT2D eigenvalue weighted by Crippen LogP contribution is 2.15. The maximum absolute atomic E-state index is 12.0. The van der Waals surface area contributed by atoms with Crippen molar-refractivity contribution < 1.29 is 23.5 Å². The van der Waals surface area contributed by atoms with Crippen molar-refractivity contribution in [2.75, 3.05) is 0 Å². The van der Waals surface area contributed by atoms with Gasteiger partial charge in [-0.1, -0.05) is 6.92 Å². The monoisotopic (exact) mass is 277 g/mol. The van der Waals surface area contributed by atoms with Gasteiger partial charge in [-0.05, 0) is 19.1 Å². The number of carboxylic acids is 1. The molecule has 2 aromatic rings. The zero-order valence-electron chi connectivity index (χ0n) is 11.2. The van der Waals surface area contributed by atoms with Crippen LogP contribution in [-0.2, 0) is 13.0 Å². The fraction of sp³-hybridized carbons (Fsp3) is 0.286. The number of hydrogen-bond donors (Lipinski definition) is 2. The lowest BCUT2D eigenvalue weighted by molar-refractivity contribution is 0.0694. The molecule has 1 amide bonds. The number of carbonyl (C=O) groups excluding carboxylic acids is 1. The molecule has 20 heavy (non-hydrogen) atoms. The van der Waals surface area contributed by atoms with Crippen molar-refractivity contribution in [3.8, 4) is 0 Å². The first-order chi connectivity index (χ1) is 9.52. The molecule has 0 saturated carbocycles. The van der Waals surface area contributed by atoms with Crippen LogP contribution in [0.5, 0.6) is 0 Å². The molecule has 0 aromatic carbocycles. The Morgan fingerprint density at radius 3 is 2.70 bits per heavy atom. The van der Waals surface area contributed by atoms with E-state index < -0.39 is 5.97 Å². The number of hydrogen-bond acceptors (Lipinski definition) is 4. The highest BCUT2D eigenvalue weighted by Gasteiger charge is 2.16. The third-order valence-corrected chi connectivity index (χ3v) is 2.93. The van der Waals surface area contributed by atoms with Crippen molar-refractivity contribution in [2.24, 2.45) is 0 Å². The van der Waals surface area contributed by atoms with E-state index in [0.29, 0.717) is 29.3 Å². The molecular weight excluding hydrogens is 262 g/mol. The number of aryl methyl sites for hydroxylation is 2. The minimum absolute atomic E-state index is 0.104.